The number of hydrogen-bond acceptors (Lipinski definition) is 4. The Morgan fingerprint density at radius 2 is 1.70 bits per heavy atom. The van der Waals surface area contributed by atoms with Crippen LogP contribution >= 0.6 is 23.4 Å². The lowest BCUT2D eigenvalue weighted by molar-refractivity contribution is -0.120. The van der Waals surface area contributed by atoms with Gasteiger partial charge < -0.3 is 5.32 Å². The van der Waals surface area contributed by atoms with Gasteiger partial charge in [-0.15, -0.1) is 0 Å². The molecule has 1 atom stereocenters. The van der Waals surface area contributed by atoms with Gasteiger partial charge in [0.05, 0.1) is 22.2 Å². The lowest BCUT2D eigenvalue weighted by Crippen LogP contribution is -2.33. The maximum atomic E-state index is 13.6. The third-order valence-corrected chi connectivity index (χ3v) is 6.65. The number of fused-ring (bicyclic) bond motifs is 1. The zero-order valence-corrected chi connectivity index (χ0v) is 17.6. The molecule has 148 valence electrons. The highest BCUT2D eigenvalue weighted by atomic mass is 35.5. The van der Waals surface area contributed by atoms with E-state index in [1.165, 1.54) is 16.7 Å². The van der Waals surface area contributed by atoms with Gasteiger partial charge in [0, 0.05) is 15.6 Å². The van der Waals surface area contributed by atoms with E-state index in [2.05, 4.69) is 5.32 Å². The second-order valence-electron chi connectivity index (χ2n) is 7.25. The van der Waals surface area contributed by atoms with Gasteiger partial charge in [0.15, 0.2) is 0 Å². The highest BCUT2D eigenvalue weighted by molar-refractivity contribution is 8.04. The standard InChI is InChI=1S/C24H17ClN2O2S/c1-14-5-4-6-15(13-14)21-20-22(30-19-8-3-2-7-18(19)26-21)24(29)27(23(20)28)17-11-9-16(25)10-12-17/h2-13,21,26H,1H3/t21-/m1/s1. The number of benzene rings is 3. The van der Waals surface area contributed by atoms with E-state index < -0.39 is 6.04 Å². The Balaban J connectivity index is 1.66. The molecular formula is C24H17ClN2O2S. The Morgan fingerprint density at radius 1 is 0.933 bits per heavy atom. The van der Waals surface area contributed by atoms with Gasteiger partial charge in [-0.3, -0.25) is 9.59 Å². The first-order valence-electron chi connectivity index (χ1n) is 9.51. The Labute approximate surface area is 183 Å². The number of anilines is 2. The van der Waals surface area contributed by atoms with Crippen molar-refractivity contribution in [1.29, 1.82) is 0 Å². The molecule has 6 heteroatoms. The van der Waals surface area contributed by atoms with Gasteiger partial charge in [-0.2, -0.15) is 0 Å². The van der Waals surface area contributed by atoms with Gasteiger partial charge in [-0.1, -0.05) is 65.3 Å². The van der Waals surface area contributed by atoms with E-state index >= 15 is 0 Å². The van der Waals surface area contributed by atoms with Gasteiger partial charge >= 0.3 is 0 Å². The summed E-state index contributed by atoms with van der Waals surface area (Å²) in [5, 5.41) is 4.06. The Kier molecular flexibility index (Phi) is 4.65. The van der Waals surface area contributed by atoms with Crippen molar-refractivity contribution in [2.24, 2.45) is 0 Å². The highest BCUT2D eigenvalue weighted by Gasteiger charge is 2.45. The molecule has 0 aromatic heterocycles. The van der Waals surface area contributed by atoms with Crippen molar-refractivity contribution in [3.05, 3.63) is 99.4 Å². The third-order valence-electron chi connectivity index (χ3n) is 5.22. The summed E-state index contributed by atoms with van der Waals surface area (Å²) in [5.41, 5.74) is 3.93. The van der Waals surface area contributed by atoms with Crippen LogP contribution in [0.25, 0.3) is 0 Å². The largest absolute Gasteiger partial charge is 0.373 e. The zero-order valence-electron chi connectivity index (χ0n) is 16.1. The minimum atomic E-state index is -0.426. The Bertz CT molecular complexity index is 1220. The van der Waals surface area contributed by atoms with Crippen molar-refractivity contribution in [3.63, 3.8) is 0 Å². The fourth-order valence-electron chi connectivity index (χ4n) is 3.82. The monoisotopic (exact) mass is 432 g/mol. The van der Waals surface area contributed by atoms with Gasteiger partial charge in [-0.25, -0.2) is 4.90 Å². The molecule has 5 rings (SSSR count). The highest BCUT2D eigenvalue weighted by Crippen LogP contribution is 2.48. The van der Waals surface area contributed by atoms with Crippen LogP contribution < -0.4 is 10.2 Å². The Hall–Kier alpha value is -3.02. The molecule has 3 aromatic rings. The van der Waals surface area contributed by atoms with Crippen LogP contribution in [0.3, 0.4) is 0 Å². The summed E-state index contributed by atoms with van der Waals surface area (Å²) in [7, 11) is 0. The summed E-state index contributed by atoms with van der Waals surface area (Å²) in [4.78, 5) is 29.6. The second kappa shape index (κ2) is 7.35. The molecule has 0 bridgehead atoms. The molecule has 0 spiro atoms. The Morgan fingerprint density at radius 3 is 2.47 bits per heavy atom. The number of rotatable bonds is 2. The molecule has 1 N–H and O–H groups in total. The van der Waals surface area contributed by atoms with E-state index in [9.17, 15) is 9.59 Å². The number of imide groups is 1. The van der Waals surface area contributed by atoms with Gasteiger partial charge in [0.2, 0.25) is 0 Å². The minimum absolute atomic E-state index is 0.307. The molecule has 0 saturated carbocycles. The van der Waals surface area contributed by atoms with Crippen LogP contribution in [0.4, 0.5) is 11.4 Å². The van der Waals surface area contributed by atoms with E-state index in [0.717, 1.165) is 21.7 Å². The molecule has 3 aromatic carbocycles. The smallest absolute Gasteiger partial charge is 0.272 e. The third kappa shape index (κ3) is 3.11. The summed E-state index contributed by atoms with van der Waals surface area (Å²) >= 11 is 7.34. The van der Waals surface area contributed by atoms with Crippen molar-refractivity contribution >= 4 is 46.6 Å². The predicted octanol–water partition coefficient (Wildman–Crippen LogP) is 5.73. The number of halogens is 1. The number of nitrogens with zero attached hydrogens (tertiary/aromatic N) is 1. The SMILES string of the molecule is Cc1cccc([C@H]2Nc3ccccc3SC3=C2C(=O)N(c2ccc(Cl)cc2)C3=O)c1. The molecule has 0 radical (unpaired) electrons. The quantitative estimate of drug-likeness (QED) is 0.525. The summed E-state index contributed by atoms with van der Waals surface area (Å²) in [6.07, 6.45) is 0. The van der Waals surface area contributed by atoms with Crippen LogP contribution in [0.15, 0.2) is 88.2 Å². The van der Waals surface area contributed by atoms with Crippen molar-refractivity contribution in [2.75, 3.05) is 10.2 Å². The summed E-state index contributed by atoms with van der Waals surface area (Å²) in [6.45, 7) is 2.01. The number of nitrogens with one attached hydrogen (secondary N) is 1. The number of aryl methyl sites for hydroxylation is 1. The lowest BCUT2D eigenvalue weighted by atomic mass is 9.96. The molecule has 2 aliphatic rings. The molecule has 2 heterocycles. The molecule has 2 aliphatic heterocycles. The molecular weight excluding hydrogens is 416 g/mol. The average Bonchev–Trinajstić information content (AvgIpc) is 2.89. The van der Waals surface area contributed by atoms with E-state index in [1.54, 1.807) is 24.3 Å². The molecule has 4 nitrogen and oxygen atoms in total. The first kappa shape index (κ1) is 19.0. The molecule has 0 fully saturated rings. The van der Waals surface area contributed by atoms with Crippen LogP contribution in [-0.4, -0.2) is 11.8 Å². The van der Waals surface area contributed by atoms with Crippen LogP contribution in [0.2, 0.25) is 5.02 Å². The summed E-state index contributed by atoms with van der Waals surface area (Å²) in [6, 6.07) is 22.1. The maximum Gasteiger partial charge on any atom is 0.272 e. The number of carbonyl (C=O) groups is 2. The van der Waals surface area contributed by atoms with Crippen LogP contribution in [0.1, 0.15) is 17.2 Å². The van der Waals surface area contributed by atoms with Crippen LogP contribution in [-0.2, 0) is 9.59 Å². The van der Waals surface area contributed by atoms with Crippen molar-refractivity contribution in [2.45, 2.75) is 17.9 Å². The predicted molar refractivity (Wildman–Crippen MR) is 121 cm³/mol. The molecule has 2 amide bonds. The second-order valence-corrected chi connectivity index (χ2v) is 8.74. The van der Waals surface area contributed by atoms with E-state index in [-0.39, 0.29) is 11.8 Å². The van der Waals surface area contributed by atoms with Crippen molar-refractivity contribution in [1.82, 2.24) is 0 Å². The fourth-order valence-corrected chi connectivity index (χ4v) is 5.04. The molecule has 0 aliphatic carbocycles. The minimum Gasteiger partial charge on any atom is -0.373 e. The van der Waals surface area contributed by atoms with Gasteiger partial charge in [-0.05, 0) is 48.9 Å². The van der Waals surface area contributed by atoms with Gasteiger partial charge in [0.1, 0.15) is 0 Å². The van der Waals surface area contributed by atoms with Crippen LogP contribution in [0.5, 0.6) is 0 Å². The number of carbonyl (C=O) groups excluding carboxylic acids is 2. The summed E-state index contributed by atoms with van der Waals surface area (Å²) < 4.78 is 0. The van der Waals surface area contributed by atoms with Crippen LogP contribution in [0, 0.1) is 6.92 Å². The molecule has 0 saturated heterocycles. The first-order valence-corrected chi connectivity index (χ1v) is 10.7. The molecule has 30 heavy (non-hydrogen) atoms. The zero-order chi connectivity index (χ0) is 20.8. The van der Waals surface area contributed by atoms with Gasteiger partial charge in [0.25, 0.3) is 11.8 Å². The number of para-hydroxylation sites is 1. The molecule has 0 unspecified atom stereocenters. The maximum absolute atomic E-state index is 13.6. The number of thioether (sulfide) groups is 1. The van der Waals surface area contributed by atoms with E-state index in [4.69, 9.17) is 11.6 Å². The van der Waals surface area contributed by atoms with E-state index in [1.807, 2.05) is 55.5 Å². The average molecular weight is 433 g/mol. The fraction of sp³-hybridized carbons (Fsp3) is 0.0833. The van der Waals surface area contributed by atoms with E-state index in [0.29, 0.717) is 21.2 Å². The number of hydrogen-bond donors (Lipinski definition) is 1. The van der Waals surface area contributed by atoms with Crippen molar-refractivity contribution < 1.29 is 9.59 Å². The topological polar surface area (TPSA) is 49.4 Å². The number of amides is 2. The normalized spacial score (nSPS) is 18.1. The van der Waals surface area contributed by atoms with Crippen molar-refractivity contribution in [3.8, 4) is 0 Å². The summed E-state index contributed by atoms with van der Waals surface area (Å²) in [5.74, 6) is -0.616. The first-order chi connectivity index (χ1) is 14.5. The lowest BCUT2D eigenvalue weighted by Gasteiger charge is -2.23.